The van der Waals surface area contributed by atoms with E-state index in [4.69, 9.17) is 4.74 Å². The molecule has 2 rings (SSSR count). The third-order valence-electron chi connectivity index (χ3n) is 4.80. The predicted molar refractivity (Wildman–Crippen MR) is 80.6 cm³/mol. The largest absolute Gasteiger partial charge is 0.489 e. The fourth-order valence-corrected chi connectivity index (χ4v) is 2.96. The Labute approximate surface area is 121 Å². The highest BCUT2D eigenvalue weighted by atomic mass is 19.1. The zero-order chi connectivity index (χ0) is 14.8. The molecule has 0 aliphatic heterocycles. The standard InChI is InChI=1S/C17H26FNO/c1-5-9-19-15-11-16(17(15,4)6-2)20-14-10-13(18)8-7-12(14)3/h7-8,10,15-16,19H,5-6,9,11H2,1-4H3. The SMILES string of the molecule is CCCNC1CC(Oc2cc(F)ccc2C)C1(C)CC. The molecule has 1 aromatic carbocycles. The molecule has 0 radical (unpaired) electrons. The highest BCUT2D eigenvalue weighted by molar-refractivity contribution is 5.33. The molecule has 3 heteroatoms. The van der Waals surface area contributed by atoms with Gasteiger partial charge in [0.15, 0.2) is 0 Å². The minimum Gasteiger partial charge on any atom is -0.489 e. The molecule has 1 saturated carbocycles. The van der Waals surface area contributed by atoms with Crippen LogP contribution in [0.25, 0.3) is 0 Å². The van der Waals surface area contributed by atoms with Crippen LogP contribution in [0.5, 0.6) is 5.75 Å². The summed E-state index contributed by atoms with van der Waals surface area (Å²) in [5.74, 6) is 0.451. The Bertz CT molecular complexity index is 462. The Morgan fingerprint density at radius 1 is 1.40 bits per heavy atom. The van der Waals surface area contributed by atoms with Gasteiger partial charge in [-0.3, -0.25) is 0 Å². The van der Waals surface area contributed by atoms with E-state index in [-0.39, 0.29) is 17.3 Å². The van der Waals surface area contributed by atoms with Gasteiger partial charge in [-0.2, -0.15) is 0 Å². The molecule has 1 N–H and O–H groups in total. The molecule has 112 valence electrons. The number of ether oxygens (including phenoxy) is 1. The number of hydrogen-bond donors (Lipinski definition) is 1. The summed E-state index contributed by atoms with van der Waals surface area (Å²) in [6.07, 6.45) is 3.38. The smallest absolute Gasteiger partial charge is 0.126 e. The van der Waals surface area contributed by atoms with Gasteiger partial charge >= 0.3 is 0 Å². The number of nitrogens with one attached hydrogen (secondary N) is 1. The summed E-state index contributed by atoms with van der Waals surface area (Å²) in [6, 6.07) is 5.26. The molecule has 0 amide bonds. The molecule has 1 aromatic rings. The van der Waals surface area contributed by atoms with Crippen molar-refractivity contribution in [2.24, 2.45) is 5.41 Å². The molecular weight excluding hydrogens is 253 g/mol. The van der Waals surface area contributed by atoms with Gasteiger partial charge < -0.3 is 10.1 Å². The van der Waals surface area contributed by atoms with Gasteiger partial charge in [0.1, 0.15) is 17.7 Å². The van der Waals surface area contributed by atoms with Crippen molar-refractivity contribution < 1.29 is 9.13 Å². The monoisotopic (exact) mass is 279 g/mol. The average Bonchev–Trinajstić information content (AvgIpc) is 2.44. The molecule has 0 bridgehead atoms. The van der Waals surface area contributed by atoms with E-state index in [1.807, 2.05) is 6.92 Å². The van der Waals surface area contributed by atoms with Crippen LogP contribution in [-0.4, -0.2) is 18.7 Å². The average molecular weight is 279 g/mol. The van der Waals surface area contributed by atoms with Crippen molar-refractivity contribution in [1.29, 1.82) is 0 Å². The number of benzene rings is 1. The normalized spacial score (nSPS) is 29.1. The number of aryl methyl sites for hydroxylation is 1. The molecule has 1 aliphatic rings. The molecule has 0 heterocycles. The van der Waals surface area contributed by atoms with E-state index in [9.17, 15) is 4.39 Å². The van der Waals surface area contributed by atoms with Crippen LogP contribution in [0.4, 0.5) is 4.39 Å². The summed E-state index contributed by atoms with van der Waals surface area (Å²) in [5.41, 5.74) is 1.13. The van der Waals surface area contributed by atoms with E-state index in [0.29, 0.717) is 11.8 Å². The van der Waals surface area contributed by atoms with Gasteiger partial charge in [-0.1, -0.05) is 26.8 Å². The number of rotatable bonds is 6. The fourth-order valence-electron chi connectivity index (χ4n) is 2.96. The van der Waals surface area contributed by atoms with Crippen molar-refractivity contribution in [2.75, 3.05) is 6.54 Å². The zero-order valence-electron chi connectivity index (χ0n) is 13.0. The van der Waals surface area contributed by atoms with E-state index in [1.54, 1.807) is 6.07 Å². The van der Waals surface area contributed by atoms with Crippen LogP contribution in [0.1, 0.15) is 45.6 Å². The number of halogens is 1. The molecular formula is C17H26FNO. The molecule has 0 spiro atoms. The van der Waals surface area contributed by atoms with Gasteiger partial charge in [0.05, 0.1) is 0 Å². The van der Waals surface area contributed by atoms with Crippen LogP contribution in [0.15, 0.2) is 18.2 Å². The molecule has 20 heavy (non-hydrogen) atoms. The molecule has 2 nitrogen and oxygen atoms in total. The Kier molecular flexibility index (Phi) is 4.69. The van der Waals surface area contributed by atoms with Gasteiger partial charge in [0, 0.05) is 23.9 Å². The summed E-state index contributed by atoms with van der Waals surface area (Å²) in [7, 11) is 0. The first-order valence-electron chi connectivity index (χ1n) is 7.67. The van der Waals surface area contributed by atoms with E-state index in [2.05, 4.69) is 26.1 Å². The summed E-state index contributed by atoms with van der Waals surface area (Å²) < 4.78 is 19.4. The minimum atomic E-state index is -0.233. The first kappa shape index (κ1) is 15.3. The summed E-state index contributed by atoms with van der Waals surface area (Å²) >= 11 is 0. The second-order valence-electron chi connectivity index (χ2n) is 6.12. The fraction of sp³-hybridized carbons (Fsp3) is 0.647. The van der Waals surface area contributed by atoms with Crippen LogP contribution in [0, 0.1) is 18.2 Å². The van der Waals surface area contributed by atoms with Crippen LogP contribution >= 0.6 is 0 Å². The van der Waals surface area contributed by atoms with Crippen molar-refractivity contribution in [1.82, 2.24) is 5.32 Å². The summed E-state index contributed by atoms with van der Waals surface area (Å²) in [6.45, 7) is 9.66. The van der Waals surface area contributed by atoms with Crippen molar-refractivity contribution in [3.05, 3.63) is 29.6 Å². The number of hydrogen-bond acceptors (Lipinski definition) is 2. The van der Waals surface area contributed by atoms with Crippen LogP contribution < -0.4 is 10.1 Å². The van der Waals surface area contributed by atoms with Gasteiger partial charge in [-0.25, -0.2) is 4.39 Å². The molecule has 1 aliphatic carbocycles. The zero-order valence-corrected chi connectivity index (χ0v) is 13.0. The first-order chi connectivity index (χ1) is 9.51. The Balaban J connectivity index is 2.05. The predicted octanol–water partition coefficient (Wildman–Crippen LogP) is 4.07. The van der Waals surface area contributed by atoms with Crippen molar-refractivity contribution in [2.45, 2.75) is 59.1 Å². The lowest BCUT2D eigenvalue weighted by molar-refractivity contribution is -0.0705. The first-order valence-corrected chi connectivity index (χ1v) is 7.67. The van der Waals surface area contributed by atoms with Crippen LogP contribution in [0.2, 0.25) is 0 Å². The Morgan fingerprint density at radius 3 is 2.80 bits per heavy atom. The van der Waals surface area contributed by atoms with Gasteiger partial charge in [0.2, 0.25) is 0 Å². The lowest BCUT2D eigenvalue weighted by Crippen LogP contribution is -2.63. The molecule has 3 atom stereocenters. The van der Waals surface area contributed by atoms with E-state index in [1.165, 1.54) is 12.1 Å². The van der Waals surface area contributed by atoms with Crippen molar-refractivity contribution in [3.8, 4) is 5.75 Å². The third-order valence-corrected chi connectivity index (χ3v) is 4.80. The molecule has 3 unspecified atom stereocenters. The van der Waals surface area contributed by atoms with E-state index in [0.717, 1.165) is 31.4 Å². The summed E-state index contributed by atoms with van der Waals surface area (Å²) in [5, 5.41) is 3.60. The van der Waals surface area contributed by atoms with Crippen LogP contribution in [-0.2, 0) is 0 Å². The molecule has 0 aromatic heterocycles. The Hall–Kier alpha value is -1.09. The molecule has 0 saturated heterocycles. The van der Waals surface area contributed by atoms with Crippen LogP contribution in [0.3, 0.4) is 0 Å². The van der Waals surface area contributed by atoms with Gasteiger partial charge in [0.25, 0.3) is 0 Å². The summed E-state index contributed by atoms with van der Waals surface area (Å²) in [4.78, 5) is 0. The lowest BCUT2D eigenvalue weighted by Gasteiger charge is -2.53. The third kappa shape index (κ3) is 2.83. The van der Waals surface area contributed by atoms with Crippen molar-refractivity contribution in [3.63, 3.8) is 0 Å². The second kappa shape index (κ2) is 6.13. The quantitative estimate of drug-likeness (QED) is 0.847. The second-order valence-corrected chi connectivity index (χ2v) is 6.12. The van der Waals surface area contributed by atoms with Crippen molar-refractivity contribution >= 4 is 0 Å². The highest BCUT2D eigenvalue weighted by Crippen LogP contribution is 2.46. The highest BCUT2D eigenvalue weighted by Gasteiger charge is 2.51. The molecule has 1 fully saturated rings. The van der Waals surface area contributed by atoms with E-state index >= 15 is 0 Å². The van der Waals surface area contributed by atoms with E-state index < -0.39 is 0 Å². The maximum Gasteiger partial charge on any atom is 0.126 e. The van der Waals surface area contributed by atoms with Gasteiger partial charge in [-0.15, -0.1) is 0 Å². The lowest BCUT2D eigenvalue weighted by atomic mass is 9.61. The maximum atomic E-state index is 13.3. The minimum absolute atomic E-state index is 0.133. The topological polar surface area (TPSA) is 21.3 Å². The maximum absolute atomic E-state index is 13.3. The van der Waals surface area contributed by atoms with Gasteiger partial charge in [-0.05, 0) is 37.9 Å². The Morgan fingerprint density at radius 2 is 2.15 bits per heavy atom.